The molecule has 2 rings (SSSR count). The van der Waals surface area contributed by atoms with E-state index >= 15 is 0 Å². The van der Waals surface area contributed by atoms with Crippen LogP contribution in [0.4, 0.5) is 11.4 Å². The third-order valence-corrected chi connectivity index (χ3v) is 4.03. The maximum atomic E-state index is 10.3. The molecule has 0 unspecified atom stereocenters. The van der Waals surface area contributed by atoms with Crippen molar-refractivity contribution >= 4 is 69.9 Å². The predicted molar refractivity (Wildman–Crippen MR) is 91.3 cm³/mol. The average molecular weight is 388 g/mol. The van der Waals surface area contributed by atoms with Crippen molar-refractivity contribution in [2.24, 2.45) is 9.98 Å². The highest BCUT2D eigenvalue weighted by Gasteiger charge is 2.11. The first kappa shape index (κ1) is 17.7. The van der Waals surface area contributed by atoms with Gasteiger partial charge in [0.05, 0.1) is 20.1 Å². The van der Waals surface area contributed by atoms with Gasteiger partial charge in [-0.15, -0.1) is 0 Å². The Hall–Kier alpha value is -1.64. The highest BCUT2D eigenvalue weighted by Crippen LogP contribution is 2.37. The lowest BCUT2D eigenvalue weighted by Gasteiger charge is -2.08. The Labute approximate surface area is 151 Å². The van der Waals surface area contributed by atoms with Crippen LogP contribution in [-0.2, 0) is 16.0 Å². The molecular formula is C15H6Cl4N2O2. The van der Waals surface area contributed by atoms with Crippen molar-refractivity contribution in [2.75, 3.05) is 0 Å². The monoisotopic (exact) mass is 386 g/mol. The van der Waals surface area contributed by atoms with Gasteiger partial charge in [-0.25, -0.2) is 9.59 Å². The summed E-state index contributed by atoms with van der Waals surface area (Å²) >= 11 is 24.2. The maximum absolute atomic E-state index is 10.3. The number of halogens is 4. The maximum Gasteiger partial charge on any atom is 0.240 e. The Kier molecular flexibility index (Phi) is 5.97. The molecule has 8 heteroatoms. The number of hydrogen-bond donors (Lipinski definition) is 0. The standard InChI is InChI=1S/C15H6Cl4N2O2/c16-10-2-8(3-11(17)14(10)20-6-22)1-9-4-12(18)15(21-7-23)13(19)5-9/h2-5H,1H2. The fourth-order valence-electron chi connectivity index (χ4n) is 1.98. The van der Waals surface area contributed by atoms with E-state index in [2.05, 4.69) is 9.98 Å². The molecular weight excluding hydrogens is 382 g/mol. The van der Waals surface area contributed by atoms with Gasteiger partial charge in [-0.2, -0.15) is 9.98 Å². The Bertz CT molecular complexity index is 752. The molecule has 116 valence electrons. The van der Waals surface area contributed by atoms with Crippen molar-refractivity contribution in [2.45, 2.75) is 6.42 Å². The third-order valence-electron chi connectivity index (χ3n) is 2.88. The molecule has 0 aliphatic heterocycles. The topological polar surface area (TPSA) is 58.9 Å². The minimum Gasteiger partial charge on any atom is -0.211 e. The number of benzene rings is 2. The summed E-state index contributed by atoms with van der Waals surface area (Å²) in [4.78, 5) is 27.6. The minimum absolute atomic E-state index is 0.166. The first-order valence-electron chi connectivity index (χ1n) is 6.08. The molecule has 0 heterocycles. The van der Waals surface area contributed by atoms with E-state index in [0.29, 0.717) is 6.42 Å². The number of nitrogens with zero attached hydrogens (tertiary/aromatic N) is 2. The van der Waals surface area contributed by atoms with Crippen LogP contribution in [0.2, 0.25) is 20.1 Å². The first-order chi connectivity index (χ1) is 11.0. The molecule has 0 aliphatic rings. The summed E-state index contributed by atoms with van der Waals surface area (Å²) in [5, 5.41) is 0.927. The second-order valence-corrected chi connectivity index (χ2v) is 6.03. The van der Waals surface area contributed by atoms with Gasteiger partial charge in [0.1, 0.15) is 11.4 Å². The molecule has 0 amide bonds. The second kappa shape index (κ2) is 7.76. The quantitative estimate of drug-likeness (QED) is 0.489. The fourth-order valence-corrected chi connectivity index (χ4v) is 3.21. The van der Waals surface area contributed by atoms with Crippen LogP contribution in [0, 0.1) is 0 Å². The van der Waals surface area contributed by atoms with Crippen LogP contribution in [0.25, 0.3) is 0 Å². The Morgan fingerprint density at radius 2 is 1.00 bits per heavy atom. The minimum atomic E-state index is 0.166. The zero-order valence-corrected chi connectivity index (χ0v) is 14.3. The molecule has 0 saturated carbocycles. The van der Waals surface area contributed by atoms with Crippen LogP contribution in [0.3, 0.4) is 0 Å². The zero-order chi connectivity index (χ0) is 17.0. The molecule has 23 heavy (non-hydrogen) atoms. The number of rotatable bonds is 4. The molecule has 0 N–H and O–H groups in total. The molecule has 0 aromatic heterocycles. The number of carbonyl (C=O) groups excluding carboxylic acids is 2. The van der Waals surface area contributed by atoms with Crippen molar-refractivity contribution in [3.05, 3.63) is 55.5 Å². The van der Waals surface area contributed by atoms with E-state index in [1.807, 2.05) is 0 Å². The summed E-state index contributed by atoms with van der Waals surface area (Å²) < 4.78 is 0. The van der Waals surface area contributed by atoms with Crippen LogP contribution < -0.4 is 0 Å². The van der Waals surface area contributed by atoms with E-state index in [0.717, 1.165) is 11.1 Å². The summed E-state index contributed by atoms with van der Waals surface area (Å²) in [7, 11) is 0. The predicted octanol–water partition coefficient (Wildman–Crippen LogP) is 5.83. The van der Waals surface area contributed by atoms with E-state index in [1.165, 1.54) is 12.2 Å². The summed E-state index contributed by atoms with van der Waals surface area (Å²) in [5.74, 6) is 0. The highest BCUT2D eigenvalue weighted by molar-refractivity contribution is 6.39. The van der Waals surface area contributed by atoms with Crippen molar-refractivity contribution in [1.29, 1.82) is 0 Å². The summed E-state index contributed by atoms with van der Waals surface area (Å²) in [6.07, 6.45) is 3.22. The Morgan fingerprint density at radius 3 is 1.26 bits per heavy atom. The normalized spacial score (nSPS) is 9.91. The molecule has 2 aromatic carbocycles. The van der Waals surface area contributed by atoms with Crippen molar-refractivity contribution in [3.8, 4) is 0 Å². The lowest BCUT2D eigenvalue weighted by Crippen LogP contribution is -1.90. The number of aliphatic imine (C=N–C) groups is 2. The zero-order valence-electron chi connectivity index (χ0n) is 11.2. The second-order valence-electron chi connectivity index (χ2n) is 4.40. The van der Waals surface area contributed by atoms with Crippen LogP contribution in [0.15, 0.2) is 34.3 Å². The molecule has 0 fully saturated rings. The van der Waals surface area contributed by atoms with Gasteiger partial charge >= 0.3 is 0 Å². The molecule has 0 saturated heterocycles. The van der Waals surface area contributed by atoms with E-state index in [1.54, 1.807) is 24.3 Å². The molecule has 4 nitrogen and oxygen atoms in total. The van der Waals surface area contributed by atoms with Crippen molar-refractivity contribution < 1.29 is 9.59 Å². The van der Waals surface area contributed by atoms with Crippen LogP contribution in [-0.4, -0.2) is 12.2 Å². The first-order valence-corrected chi connectivity index (χ1v) is 7.59. The van der Waals surface area contributed by atoms with Crippen LogP contribution >= 0.6 is 46.4 Å². The molecule has 0 radical (unpaired) electrons. The van der Waals surface area contributed by atoms with Gasteiger partial charge in [0.2, 0.25) is 12.2 Å². The largest absolute Gasteiger partial charge is 0.240 e. The van der Waals surface area contributed by atoms with Gasteiger partial charge in [-0.3, -0.25) is 0 Å². The van der Waals surface area contributed by atoms with E-state index in [9.17, 15) is 9.59 Å². The Balaban J connectivity index is 2.40. The third kappa shape index (κ3) is 4.21. The van der Waals surface area contributed by atoms with E-state index in [4.69, 9.17) is 46.4 Å². The molecule has 0 aliphatic carbocycles. The van der Waals surface area contributed by atoms with Gasteiger partial charge in [0, 0.05) is 0 Å². The summed E-state index contributed by atoms with van der Waals surface area (Å²) in [6, 6.07) is 6.51. The molecule has 0 bridgehead atoms. The SMILES string of the molecule is O=C=Nc1c(Cl)cc(Cc2cc(Cl)c(N=C=O)c(Cl)c2)cc1Cl. The fraction of sp³-hybridized carbons (Fsp3) is 0.0667. The average Bonchev–Trinajstić information content (AvgIpc) is 2.47. The molecule has 2 aromatic rings. The smallest absolute Gasteiger partial charge is 0.211 e. The van der Waals surface area contributed by atoms with E-state index in [-0.39, 0.29) is 31.5 Å². The number of isocyanates is 2. The Morgan fingerprint density at radius 1 is 0.696 bits per heavy atom. The van der Waals surface area contributed by atoms with Gasteiger partial charge in [-0.1, -0.05) is 46.4 Å². The van der Waals surface area contributed by atoms with Crippen LogP contribution in [0.5, 0.6) is 0 Å². The van der Waals surface area contributed by atoms with Crippen LogP contribution in [0.1, 0.15) is 11.1 Å². The van der Waals surface area contributed by atoms with Crippen molar-refractivity contribution in [1.82, 2.24) is 0 Å². The highest BCUT2D eigenvalue weighted by atomic mass is 35.5. The lowest BCUT2D eigenvalue weighted by atomic mass is 10.0. The van der Waals surface area contributed by atoms with E-state index < -0.39 is 0 Å². The van der Waals surface area contributed by atoms with Gasteiger partial charge in [-0.05, 0) is 41.8 Å². The van der Waals surface area contributed by atoms with Gasteiger partial charge in [0.25, 0.3) is 0 Å². The summed E-state index contributed by atoms with van der Waals surface area (Å²) in [6.45, 7) is 0. The van der Waals surface area contributed by atoms with Gasteiger partial charge in [0.15, 0.2) is 0 Å². The molecule has 0 atom stereocenters. The molecule has 0 spiro atoms. The van der Waals surface area contributed by atoms with Crippen molar-refractivity contribution in [3.63, 3.8) is 0 Å². The summed E-state index contributed by atoms with van der Waals surface area (Å²) in [5.41, 5.74) is 1.87. The van der Waals surface area contributed by atoms with Gasteiger partial charge < -0.3 is 0 Å². The lowest BCUT2D eigenvalue weighted by molar-refractivity contribution is 0.564. The number of hydrogen-bond acceptors (Lipinski definition) is 4.